The summed E-state index contributed by atoms with van der Waals surface area (Å²) < 4.78 is 0. The van der Waals surface area contributed by atoms with Crippen LogP contribution in [0.3, 0.4) is 0 Å². The van der Waals surface area contributed by atoms with Crippen molar-refractivity contribution in [3.05, 3.63) is 23.0 Å². The number of aliphatic hydroxyl groups is 1. The van der Waals surface area contributed by atoms with Crippen LogP contribution in [-0.2, 0) is 17.6 Å². The van der Waals surface area contributed by atoms with Crippen molar-refractivity contribution in [3.63, 3.8) is 0 Å². The Hall–Kier alpha value is -2.68. The Morgan fingerprint density at radius 1 is 1.06 bits per heavy atom. The van der Waals surface area contributed by atoms with Crippen LogP contribution in [0.25, 0.3) is 0 Å². The zero-order valence-electron chi connectivity index (χ0n) is 19.1. The van der Waals surface area contributed by atoms with Gasteiger partial charge in [-0.05, 0) is 51.4 Å². The van der Waals surface area contributed by atoms with Crippen molar-refractivity contribution < 1.29 is 9.90 Å². The maximum Gasteiger partial charge on any atom is 0.245 e. The van der Waals surface area contributed by atoms with E-state index in [1.54, 1.807) is 4.90 Å². The Kier molecular flexibility index (Phi) is 5.44. The lowest BCUT2D eigenvalue weighted by Crippen LogP contribution is -2.45. The van der Waals surface area contributed by atoms with Crippen molar-refractivity contribution >= 4 is 23.5 Å². The van der Waals surface area contributed by atoms with E-state index in [4.69, 9.17) is 9.97 Å². The second-order valence-electron chi connectivity index (χ2n) is 10.0. The molecule has 0 spiro atoms. The molecule has 2 aromatic rings. The zero-order valence-corrected chi connectivity index (χ0v) is 19.1. The smallest absolute Gasteiger partial charge is 0.245 e. The molecule has 9 nitrogen and oxygen atoms in total. The summed E-state index contributed by atoms with van der Waals surface area (Å²) >= 11 is 0. The molecule has 33 heavy (non-hydrogen) atoms. The second kappa shape index (κ2) is 8.59. The topological polar surface area (TPSA) is 110 Å². The predicted molar refractivity (Wildman–Crippen MR) is 125 cm³/mol. The fourth-order valence-electron chi connectivity index (χ4n) is 6.03. The molecule has 4 heterocycles. The summed E-state index contributed by atoms with van der Waals surface area (Å²) in [5.74, 6) is 2.94. The molecular weight excluding hydrogens is 418 g/mol. The highest BCUT2D eigenvalue weighted by atomic mass is 16.3. The molecule has 1 unspecified atom stereocenters. The molecule has 0 bridgehead atoms. The van der Waals surface area contributed by atoms with E-state index in [9.17, 15) is 9.90 Å². The van der Waals surface area contributed by atoms with Gasteiger partial charge < -0.3 is 20.2 Å². The Labute approximate surface area is 194 Å². The second-order valence-corrected chi connectivity index (χ2v) is 10.0. The van der Waals surface area contributed by atoms with Crippen LogP contribution in [-0.4, -0.2) is 67.9 Å². The fraction of sp³-hybridized carbons (Fsp3) is 0.667. The normalized spacial score (nSPS) is 25.2. The maximum absolute atomic E-state index is 13.2. The molecule has 176 valence electrons. The van der Waals surface area contributed by atoms with Crippen LogP contribution in [0, 0.1) is 0 Å². The lowest BCUT2D eigenvalue weighted by molar-refractivity contribution is -0.131. The number of β-amino-alcohol motifs (C(OH)–C–C–N with tert-alkyl or cyclic N) is 1. The predicted octanol–water partition coefficient (Wildman–Crippen LogP) is 2.65. The fourth-order valence-corrected chi connectivity index (χ4v) is 6.03. The lowest BCUT2D eigenvalue weighted by Gasteiger charge is -2.28. The van der Waals surface area contributed by atoms with Gasteiger partial charge in [0.1, 0.15) is 11.9 Å². The number of rotatable bonds is 5. The van der Waals surface area contributed by atoms with Crippen molar-refractivity contribution in [1.82, 2.24) is 25.1 Å². The van der Waals surface area contributed by atoms with Gasteiger partial charge in [-0.2, -0.15) is 10.1 Å². The number of fused-ring (bicyclic) bond motifs is 1. The zero-order chi connectivity index (χ0) is 22.4. The van der Waals surface area contributed by atoms with Gasteiger partial charge in [-0.15, -0.1) is 0 Å². The molecule has 1 amide bonds. The number of nitrogens with one attached hydrogen (secondary N) is 2. The third-order valence-electron chi connectivity index (χ3n) is 7.83. The summed E-state index contributed by atoms with van der Waals surface area (Å²) in [6.45, 7) is 1.84. The number of carbonyl (C=O) groups is 1. The molecular formula is C24H33N7O2. The van der Waals surface area contributed by atoms with Gasteiger partial charge in [0.15, 0.2) is 5.82 Å². The molecule has 2 atom stereocenters. The van der Waals surface area contributed by atoms with E-state index < -0.39 is 6.10 Å². The van der Waals surface area contributed by atoms with Gasteiger partial charge in [0.05, 0.1) is 11.8 Å². The van der Waals surface area contributed by atoms with E-state index in [2.05, 4.69) is 26.5 Å². The molecule has 2 aromatic heterocycles. The Bertz CT molecular complexity index is 1030. The molecule has 0 radical (unpaired) electrons. The van der Waals surface area contributed by atoms with Crippen LogP contribution in [0.4, 0.5) is 17.6 Å². The summed E-state index contributed by atoms with van der Waals surface area (Å²) in [6, 6.07) is 1.88. The molecule has 0 aromatic carbocycles. The number of aliphatic hydroxyl groups excluding tert-OH is 1. The first kappa shape index (κ1) is 20.9. The van der Waals surface area contributed by atoms with E-state index in [-0.39, 0.29) is 11.9 Å². The Morgan fingerprint density at radius 2 is 1.94 bits per heavy atom. The maximum atomic E-state index is 13.2. The minimum atomic E-state index is -0.404. The van der Waals surface area contributed by atoms with Crippen LogP contribution in [0.2, 0.25) is 0 Å². The standard InChI is InChI=1S/C24H33N7O2/c32-16-10-12-30(14-16)23(33)20-9-4-11-31(20)24-25-18-8-3-7-17(18)22(27-24)26-21-13-19(28-29-21)15-5-1-2-6-15/h13,15-16,20,32H,1-12,14H2,(H2,25,26,27,28,29)/t16?,20-/m1/s1. The monoisotopic (exact) mass is 451 g/mol. The van der Waals surface area contributed by atoms with Crippen LogP contribution in [0.15, 0.2) is 6.07 Å². The van der Waals surface area contributed by atoms with Gasteiger partial charge in [0.2, 0.25) is 11.9 Å². The number of hydrogen-bond donors (Lipinski definition) is 3. The number of amides is 1. The van der Waals surface area contributed by atoms with Gasteiger partial charge in [0, 0.05) is 42.9 Å². The first-order valence-corrected chi connectivity index (χ1v) is 12.6. The molecule has 1 saturated carbocycles. The number of likely N-dealkylation sites (tertiary alicyclic amines) is 1. The number of aromatic nitrogens is 4. The number of aryl methyl sites for hydroxylation is 1. The van der Waals surface area contributed by atoms with Gasteiger partial charge in [0.25, 0.3) is 0 Å². The van der Waals surface area contributed by atoms with Crippen LogP contribution >= 0.6 is 0 Å². The molecule has 3 N–H and O–H groups in total. The molecule has 2 saturated heterocycles. The molecule has 9 heteroatoms. The number of anilines is 3. The van der Waals surface area contributed by atoms with E-state index in [1.807, 2.05) is 0 Å². The van der Waals surface area contributed by atoms with Crippen molar-refractivity contribution in [1.29, 1.82) is 0 Å². The van der Waals surface area contributed by atoms with Crippen LogP contribution in [0.1, 0.15) is 74.2 Å². The van der Waals surface area contributed by atoms with Gasteiger partial charge >= 0.3 is 0 Å². The first-order valence-electron chi connectivity index (χ1n) is 12.6. The van der Waals surface area contributed by atoms with Crippen molar-refractivity contribution in [2.45, 2.75) is 82.3 Å². The van der Waals surface area contributed by atoms with E-state index in [1.165, 1.54) is 36.9 Å². The first-order chi connectivity index (χ1) is 16.2. The van der Waals surface area contributed by atoms with Crippen molar-refractivity contribution in [3.8, 4) is 0 Å². The number of carbonyl (C=O) groups excluding carboxylic acids is 1. The summed E-state index contributed by atoms with van der Waals surface area (Å²) in [4.78, 5) is 26.9. The molecule has 2 aliphatic carbocycles. The van der Waals surface area contributed by atoms with E-state index in [0.29, 0.717) is 31.4 Å². The molecule has 3 fully saturated rings. The van der Waals surface area contributed by atoms with Gasteiger partial charge in [-0.25, -0.2) is 4.98 Å². The quantitative estimate of drug-likeness (QED) is 0.641. The highest BCUT2D eigenvalue weighted by Crippen LogP contribution is 2.36. The van der Waals surface area contributed by atoms with Crippen LogP contribution < -0.4 is 10.2 Å². The van der Waals surface area contributed by atoms with Gasteiger partial charge in [-0.3, -0.25) is 9.89 Å². The Morgan fingerprint density at radius 3 is 2.76 bits per heavy atom. The SMILES string of the molecule is O=C([C@H]1CCCN1c1nc2c(c(Nc3cc(C4CCCC4)[nH]n3)n1)CCC2)N1CCC(O)C1. The van der Waals surface area contributed by atoms with E-state index >= 15 is 0 Å². The summed E-state index contributed by atoms with van der Waals surface area (Å²) in [5, 5.41) is 21.1. The number of H-pyrrole nitrogens is 1. The average Bonchev–Trinajstić information content (AvgIpc) is 3.63. The van der Waals surface area contributed by atoms with Crippen molar-refractivity contribution in [2.24, 2.45) is 0 Å². The summed E-state index contributed by atoms with van der Waals surface area (Å²) in [6.07, 6.45) is 10.0. The highest BCUT2D eigenvalue weighted by molar-refractivity contribution is 5.85. The molecule has 2 aliphatic heterocycles. The summed E-state index contributed by atoms with van der Waals surface area (Å²) in [5.41, 5.74) is 3.47. The minimum Gasteiger partial charge on any atom is -0.391 e. The summed E-state index contributed by atoms with van der Waals surface area (Å²) in [7, 11) is 0. The van der Waals surface area contributed by atoms with Gasteiger partial charge in [-0.1, -0.05) is 12.8 Å². The number of aromatic amines is 1. The Balaban J connectivity index is 1.26. The van der Waals surface area contributed by atoms with Crippen molar-refractivity contribution in [2.75, 3.05) is 29.9 Å². The number of hydrogen-bond acceptors (Lipinski definition) is 7. The molecule has 4 aliphatic rings. The highest BCUT2D eigenvalue weighted by Gasteiger charge is 2.38. The number of nitrogens with zero attached hydrogens (tertiary/aromatic N) is 5. The largest absolute Gasteiger partial charge is 0.391 e. The average molecular weight is 452 g/mol. The molecule has 6 rings (SSSR count). The third kappa shape index (κ3) is 3.96. The lowest BCUT2D eigenvalue weighted by atomic mass is 10.0. The minimum absolute atomic E-state index is 0.0937. The van der Waals surface area contributed by atoms with E-state index in [0.717, 1.165) is 56.0 Å². The van der Waals surface area contributed by atoms with Crippen LogP contribution in [0.5, 0.6) is 0 Å². The third-order valence-corrected chi connectivity index (χ3v) is 7.83.